The molecular weight excluding hydrogens is 300 g/mol. The van der Waals surface area contributed by atoms with E-state index in [1.54, 1.807) is 24.3 Å². The molecule has 0 heterocycles. The van der Waals surface area contributed by atoms with Crippen molar-refractivity contribution in [2.24, 2.45) is 0 Å². The first-order chi connectivity index (χ1) is 9.86. The van der Waals surface area contributed by atoms with Crippen LogP contribution in [0.2, 0.25) is 5.02 Å². The molecule has 0 unspecified atom stereocenters. The van der Waals surface area contributed by atoms with Gasteiger partial charge in [-0.2, -0.15) is 0 Å². The van der Waals surface area contributed by atoms with E-state index in [1.165, 1.54) is 4.90 Å². The average molecular weight is 315 g/mol. The molecule has 1 aromatic rings. The first-order valence-corrected chi connectivity index (χ1v) is 6.46. The summed E-state index contributed by atoms with van der Waals surface area (Å²) >= 11 is 5.78. The Morgan fingerprint density at radius 2 is 1.76 bits per heavy atom. The van der Waals surface area contributed by atoms with Crippen LogP contribution in [0.1, 0.15) is 6.42 Å². The number of anilines is 1. The molecule has 0 fully saturated rings. The number of carboxylic acid groups (broad SMARTS) is 2. The molecule has 0 aromatic heterocycles. The van der Waals surface area contributed by atoms with Crippen LogP contribution in [0, 0.1) is 0 Å². The average Bonchev–Trinajstić information content (AvgIpc) is 2.34. The van der Waals surface area contributed by atoms with Gasteiger partial charge in [0, 0.05) is 23.7 Å². The van der Waals surface area contributed by atoms with Crippen molar-refractivity contribution in [1.82, 2.24) is 4.90 Å². The fourth-order valence-corrected chi connectivity index (χ4v) is 1.84. The Bertz CT molecular complexity index is 519. The molecule has 8 heteroatoms. The van der Waals surface area contributed by atoms with E-state index < -0.39 is 25.0 Å². The molecule has 1 aromatic carbocycles. The molecule has 0 bridgehead atoms. The van der Waals surface area contributed by atoms with Crippen molar-refractivity contribution in [2.45, 2.75) is 6.42 Å². The van der Waals surface area contributed by atoms with Crippen molar-refractivity contribution >= 4 is 35.1 Å². The maximum Gasteiger partial charge on any atom is 0.317 e. The Labute approximate surface area is 126 Å². The quantitative estimate of drug-likeness (QED) is 0.664. The lowest BCUT2D eigenvalue weighted by Gasteiger charge is -2.17. The van der Waals surface area contributed by atoms with Crippen LogP contribution in [0.25, 0.3) is 0 Å². The molecule has 0 radical (unpaired) electrons. The van der Waals surface area contributed by atoms with E-state index in [0.717, 1.165) is 0 Å². The molecule has 114 valence electrons. The van der Waals surface area contributed by atoms with E-state index in [1.807, 2.05) is 0 Å². The van der Waals surface area contributed by atoms with Crippen molar-refractivity contribution in [3.8, 4) is 0 Å². The third-order valence-electron chi connectivity index (χ3n) is 2.48. The highest BCUT2D eigenvalue weighted by Gasteiger charge is 2.14. The maximum atomic E-state index is 11.7. The van der Waals surface area contributed by atoms with Gasteiger partial charge in [-0.25, -0.2) is 0 Å². The largest absolute Gasteiger partial charge is 0.480 e. The van der Waals surface area contributed by atoms with Crippen molar-refractivity contribution in [2.75, 3.05) is 25.0 Å². The fourth-order valence-electron chi connectivity index (χ4n) is 1.65. The first-order valence-electron chi connectivity index (χ1n) is 6.08. The predicted octanol–water partition coefficient (Wildman–Crippen LogP) is 1.14. The molecule has 0 aliphatic carbocycles. The Kier molecular flexibility index (Phi) is 6.64. The monoisotopic (exact) mass is 314 g/mol. The smallest absolute Gasteiger partial charge is 0.317 e. The lowest BCUT2D eigenvalue weighted by molar-refractivity contribution is -0.142. The van der Waals surface area contributed by atoms with Crippen LogP contribution in [0.15, 0.2) is 24.3 Å². The molecule has 0 saturated carbocycles. The number of aliphatic carboxylic acids is 2. The van der Waals surface area contributed by atoms with Gasteiger partial charge < -0.3 is 15.5 Å². The second-order valence-corrected chi connectivity index (χ2v) is 4.74. The number of amides is 1. The molecular formula is C13H15ClN2O5. The van der Waals surface area contributed by atoms with E-state index in [2.05, 4.69) is 5.32 Å². The minimum Gasteiger partial charge on any atom is -0.480 e. The van der Waals surface area contributed by atoms with Crippen LogP contribution in [0.5, 0.6) is 0 Å². The van der Waals surface area contributed by atoms with Gasteiger partial charge in [0.2, 0.25) is 5.91 Å². The maximum absolute atomic E-state index is 11.7. The summed E-state index contributed by atoms with van der Waals surface area (Å²) in [6.45, 7) is -0.835. The number of hydrogen-bond acceptors (Lipinski definition) is 4. The number of carboxylic acids is 2. The lowest BCUT2D eigenvalue weighted by atomic mass is 10.3. The molecule has 0 aliphatic rings. The standard InChI is InChI=1S/C13H15ClN2O5/c14-9-2-1-3-10(6-9)15-11(17)4-5-16(7-12(18)19)8-13(20)21/h1-3,6H,4-5,7-8H2,(H,15,17)(H,18,19)(H,20,21). The van der Waals surface area contributed by atoms with E-state index in [-0.39, 0.29) is 18.9 Å². The van der Waals surface area contributed by atoms with Gasteiger partial charge in [-0.1, -0.05) is 17.7 Å². The topological polar surface area (TPSA) is 107 Å². The summed E-state index contributed by atoms with van der Waals surface area (Å²) in [5, 5.41) is 20.4. The van der Waals surface area contributed by atoms with Gasteiger partial charge >= 0.3 is 11.9 Å². The number of hydrogen-bond donors (Lipinski definition) is 3. The highest BCUT2D eigenvalue weighted by atomic mass is 35.5. The molecule has 7 nitrogen and oxygen atoms in total. The molecule has 21 heavy (non-hydrogen) atoms. The molecule has 1 rings (SSSR count). The summed E-state index contributed by atoms with van der Waals surface area (Å²) in [6, 6.07) is 6.58. The Morgan fingerprint density at radius 3 is 2.29 bits per heavy atom. The Hall–Kier alpha value is -2.12. The van der Waals surface area contributed by atoms with Gasteiger partial charge in [0.1, 0.15) is 0 Å². The zero-order valence-corrected chi connectivity index (χ0v) is 11.8. The van der Waals surface area contributed by atoms with Gasteiger partial charge in [0.05, 0.1) is 13.1 Å². The molecule has 1 amide bonds. The zero-order valence-electron chi connectivity index (χ0n) is 11.1. The van der Waals surface area contributed by atoms with Gasteiger partial charge in [0.15, 0.2) is 0 Å². The van der Waals surface area contributed by atoms with E-state index >= 15 is 0 Å². The second kappa shape index (κ2) is 8.23. The van der Waals surface area contributed by atoms with E-state index in [4.69, 9.17) is 21.8 Å². The first kappa shape index (κ1) is 16.9. The summed E-state index contributed by atoms with van der Waals surface area (Å²) in [7, 11) is 0. The normalized spacial score (nSPS) is 10.4. The van der Waals surface area contributed by atoms with Crippen molar-refractivity contribution < 1.29 is 24.6 Å². The Balaban J connectivity index is 2.48. The van der Waals surface area contributed by atoms with Crippen LogP contribution in [0.4, 0.5) is 5.69 Å². The highest BCUT2D eigenvalue weighted by Crippen LogP contribution is 2.14. The summed E-state index contributed by atoms with van der Waals surface area (Å²) in [5.41, 5.74) is 0.524. The number of benzene rings is 1. The number of rotatable bonds is 8. The highest BCUT2D eigenvalue weighted by molar-refractivity contribution is 6.30. The number of halogens is 1. The number of nitrogens with zero attached hydrogens (tertiary/aromatic N) is 1. The van der Waals surface area contributed by atoms with Crippen LogP contribution >= 0.6 is 11.6 Å². The molecule has 3 N–H and O–H groups in total. The van der Waals surface area contributed by atoms with Crippen molar-refractivity contribution in [1.29, 1.82) is 0 Å². The summed E-state index contributed by atoms with van der Waals surface area (Å²) in [5.74, 6) is -2.64. The van der Waals surface area contributed by atoms with Crippen LogP contribution in [-0.2, 0) is 14.4 Å². The van der Waals surface area contributed by atoms with Gasteiger partial charge in [-0.3, -0.25) is 19.3 Å². The minimum atomic E-state index is -1.15. The SMILES string of the molecule is O=C(O)CN(CCC(=O)Nc1cccc(Cl)c1)CC(=O)O. The van der Waals surface area contributed by atoms with E-state index in [9.17, 15) is 14.4 Å². The van der Waals surface area contributed by atoms with Gasteiger partial charge in [-0.05, 0) is 18.2 Å². The molecule has 0 atom stereocenters. The predicted molar refractivity (Wildman–Crippen MR) is 76.4 cm³/mol. The van der Waals surface area contributed by atoms with Crippen LogP contribution in [-0.4, -0.2) is 52.6 Å². The molecule has 0 spiro atoms. The summed E-state index contributed by atoms with van der Waals surface area (Å²) in [6.07, 6.45) is -0.0208. The molecule has 0 aliphatic heterocycles. The van der Waals surface area contributed by atoms with Gasteiger partial charge in [0.25, 0.3) is 0 Å². The second-order valence-electron chi connectivity index (χ2n) is 4.31. The summed E-state index contributed by atoms with van der Waals surface area (Å²) < 4.78 is 0. The number of carbonyl (C=O) groups is 3. The van der Waals surface area contributed by atoms with Crippen molar-refractivity contribution in [3.63, 3.8) is 0 Å². The zero-order chi connectivity index (χ0) is 15.8. The van der Waals surface area contributed by atoms with Gasteiger partial charge in [-0.15, -0.1) is 0 Å². The van der Waals surface area contributed by atoms with E-state index in [0.29, 0.717) is 10.7 Å². The lowest BCUT2D eigenvalue weighted by Crippen LogP contribution is -2.36. The molecule has 0 saturated heterocycles. The Morgan fingerprint density at radius 1 is 1.14 bits per heavy atom. The fraction of sp³-hybridized carbons (Fsp3) is 0.308. The van der Waals surface area contributed by atoms with Crippen molar-refractivity contribution in [3.05, 3.63) is 29.3 Å². The number of carbonyl (C=O) groups excluding carboxylic acids is 1. The van der Waals surface area contributed by atoms with Crippen LogP contribution < -0.4 is 5.32 Å². The minimum absolute atomic E-state index is 0.0208. The summed E-state index contributed by atoms with van der Waals surface area (Å²) in [4.78, 5) is 34.1. The van der Waals surface area contributed by atoms with Crippen LogP contribution in [0.3, 0.4) is 0 Å². The number of nitrogens with one attached hydrogen (secondary N) is 1. The third kappa shape index (κ3) is 7.28. The third-order valence-corrected chi connectivity index (χ3v) is 2.72.